The van der Waals surface area contributed by atoms with Crippen molar-refractivity contribution in [3.8, 4) is 0 Å². The topological polar surface area (TPSA) is 15.3 Å². The van der Waals surface area contributed by atoms with Crippen molar-refractivity contribution in [2.45, 2.75) is 97.4 Å². The van der Waals surface area contributed by atoms with Crippen LogP contribution in [0.4, 0.5) is 0 Å². The molecule has 0 aliphatic heterocycles. The van der Waals surface area contributed by atoms with Crippen LogP contribution in [0.5, 0.6) is 0 Å². The van der Waals surface area contributed by atoms with Crippen molar-refractivity contribution < 1.29 is 0 Å². The highest BCUT2D eigenvalue weighted by Crippen LogP contribution is 2.10. The van der Waals surface area contributed by atoms with Crippen molar-refractivity contribution in [2.75, 3.05) is 26.7 Å². The Hall–Kier alpha value is -0.0800. The summed E-state index contributed by atoms with van der Waals surface area (Å²) in [7, 11) is 2.25. The summed E-state index contributed by atoms with van der Waals surface area (Å²) in [5, 5.41) is 3.55. The van der Waals surface area contributed by atoms with Crippen molar-refractivity contribution in [3.63, 3.8) is 0 Å². The molecule has 0 fully saturated rings. The van der Waals surface area contributed by atoms with Gasteiger partial charge in [-0.3, -0.25) is 0 Å². The van der Waals surface area contributed by atoms with Gasteiger partial charge in [0.1, 0.15) is 0 Å². The van der Waals surface area contributed by atoms with Crippen molar-refractivity contribution in [1.82, 2.24) is 10.2 Å². The first-order chi connectivity index (χ1) is 9.95. The maximum absolute atomic E-state index is 3.55. The predicted octanol–water partition coefficient (Wildman–Crippen LogP) is 5.23. The van der Waals surface area contributed by atoms with E-state index in [9.17, 15) is 0 Å². The fourth-order valence-corrected chi connectivity index (χ4v) is 2.60. The van der Waals surface area contributed by atoms with E-state index < -0.39 is 0 Å². The Morgan fingerprint density at radius 1 is 0.714 bits per heavy atom. The van der Waals surface area contributed by atoms with Crippen LogP contribution in [0.15, 0.2) is 0 Å². The molecule has 0 aliphatic rings. The van der Waals surface area contributed by atoms with Crippen LogP contribution in [0.3, 0.4) is 0 Å². The molecular formula is C19H42N2. The molecule has 128 valence electrons. The molecule has 0 spiro atoms. The molecule has 0 aromatic heterocycles. The Labute approximate surface area is 135 Å². The Bertz CT molecular complexity index is 208. The number of hydrogen-bond acceptors (Lipinski definition) is 2. The van der Waals surface area contributed by atoms with E-state index in [2.05, 4.69) is 45.0 Å². The van der Waals surface area contributed by atoms with Gasteiger partial charge in [0.25, 0.3) is 0 Å². The van der Waals surface area contributed by atoms with E-state index in [4.69, 9.17) is 0 Å². The molecule has 0 radical (unpaired) electrons. The van der Waals surface area contributed by atoms with Gasteiger partial charge in [-0.1, -0.05) is 64.7 Å². The number of rotatable bonds is 14. The number of nitrogens with one attached hydrogen (secondary N) is 1. The smallest absolute Gasteiger partial charge is 0.0104 e. The minimum absolute atomic E-state index is 0.248. The molecule has 1 N–H and O–H groups in total. The van der Waals surface area contributed by atoms with E-state index in [1.807, 2.05) is 0 Å². The van der Waals surface area contributed by atoms with Gasteiger partial charge in [0, 0.05) is 18.6 Å². The third kappa shape index (κ3) is 17.9. The molecule has 0 aromatic rings. The molecule has 2 nitrogen and oxygen atoms in total. The molecule has 2 heteroatoms. The van der Waals surface area contributed by atoms with E-state index in [1.54, 1.807) is 0 Å². The summed E-state index contributed by atoms with van der Waals surface area (Å²) in [5.41, 5.74) is 0.248. The first-order valence-corrected chi connectivity index (χ1v) is 9.39. The maximum Gasteiger partial charge on any atom is 0.0104 e. The maximum atomic E-state index is 3.55. The average Bonchev–Trinajstić information content (AvgIpc) is 2.39. The number of unbranched alkanes of at least 4 members (excludes halogenated alkanes) is 9. The van der Waals surface area contributed by atoms with Crippen LogP contribution in [-0.2, 0) is 0 Å². The fourth-order valence-electron chi connectivity index (χ4n) is 2.60. The van der Waals surface area contributed by atoms with Crippen LogP contribution in [0.1, 0.15) is 91.9 Å². The minimum atomic E-state index is 0.248. The van der Waals surface area contributed by atoms with Gasteiger partial charge in [-0.15, -0.1) is 0 Å². The highest BCUT2D eigenvalue weighted by atomic mass is 15.1. The molecule has 0 rings (SSSR count). The Morgan fingerprint density at radius 2 is 1.19 bits per heavy atom. The van der Waals surface area contributed by atoms with Crippen LogP contribution >= 0.6 is 0 Å². The highest BCUT2D eigenvalue weighted by molar-refractivity contribution is 4.70. The SMILES string of the molecule is CCCCCCCCCCCCN(C)CCNC(C)(C)C. The molecule has 0 aliphatic carbocycles. The first-order valence-electron chi connectivity index (χ1n) is 9.39. The lowest BCUT2D eigenvalue weighted by Gasteiger charge is -2.23. The second-order valence-corrected chi connectivity index (χ2v) is 7.66. The van der Waals surface area contributed by atoms with Crippen LogP contribution in [0, 0.1) is 0 Å². The summed E-state index contributed by atoms with van der Waals surface area (Å²) < 4.78 is 0. The Balaban J connectivity index is 3.20. The van der Waals surface area contributed by atoms with Gasteiger partial charge in [0.15, 0.2) is 0 Å². The zero-order chi connectivity index (χ0) is 16.0. The Kier molecular flexibility index (Phi) is 13.5. The van der Waals surface area contributed by atoms with Gasteiger partial charge in [-0.05, 0) is 40.8 Å². The summed E-state index contributed by atoms with van der Waals surface area (Å²) >= 11 is 0. The summed E-state index contributed by atoms with van der Waals surface area (Å²) in [6.07, 6.45) is 14.3. The summed E-state index contributed by atoms with van der Waals surface area (Å²) in [6, 6.07) is 0. The minimum Gasteiger partial charge on any atom is -0.311 e. The van der Waals surface area contributed by atoms with E-state index in [0.717, 1.165) is 13.1 Å². The standard InChI is InChI=1S/C19H42N2/c1-6-7-8-9-10-11-12-13-14-15-17-21(5)18-16-20-19(2,3)4/h20H,6-18H2,1-5H3. The molecule has 0 atom stereocenters. The lowest BCUT2D eigenvalue weighted by molar-refractivity contribution is 0.302. The summed E-state index contributed by atoms with van der Waals surface area (Å²) in [4.78, 5) is 2.46. The second kappa shape index (κ2) is 13.6. The van der Waals surface area contributed by atoms with Gasteiger partial charge in [-0.25, -0.2) is 0 Å². The van der Waals surface area contributed by atoms with Crippen molar-refractivity contribution in [2.24, 2.45) is 0 Å². The lowest BCUT2D eigenvalue weighted by atomic mass is 10.1. The Morgan fingerprint density at radius 3 is 1.67 bits per heavy atom. The quantitative estimate of drug-likeness (QED) is 0.442. The predicted molar refractivity (Wildman–Crippen MR) is 97.1 cm³/mol. The van der Waals surface area contributed by atoms with Gasteiger partial charge < -0.3 is 10.2 Å². The van der Waals surface area contributed by atoms with E-state index in [0.29, 0.717) is 0 Å². The zero-order valence-corrected chi connectivity index (χ0v) is 15.6. The average molecular weight is 299 g/mol. The molecule has 0 unspecified atom stereocenters. The van der Waals surface area contributed by atoms with E-state index in [1.165, 1.54) is 70.8 Å². The van der Waals surface area contributed by atoms with Crippen LogP contribution in [-0.4, -0.2) is 37.1 Å². The van der Waals surface area contributed by atoms with Gasteiger partial charge in [0.2, 0.25) is 0 Å². The van der Waals surface area contributed by atoms with Gasteiger partial charge in [0.05, 0.1) is 0 Å². The van der Waals surface area contributed by atoms with Crippen molar-refractivity contribution >= 4 is 0 Å². The number of nitrogens with zero attached hydrogens (tertiary/aromatic N) is 1. The molecule has 0 saturated carbocycles. The largest absolute Gasteiger partial charge is 0.311 e. The zero-order valence-electron chi connectivity index (χ0n) is 15.6. The molecular weight excluding hydrogens is 256 g/mol. The fraction of sp³-hybridized carbons (Fsp3) is 1.00. The van der Waals surface area contributed by atoms with Crippen molar-refractivity contribution in [3.05, 3.63) is 0 Å². The number of likely N-dealkylation sites (N-methyl/N-ethyl adjacent to an activating group) is 1. The molecule has 0 heterocycles. The van der Waals surface area contributed by atoms with Gasteiger partial charge >= 0.3 is 0 Å². The van der Waals surface area contributed by atoms with E-state index >= 15 is 0 Å². The molecule has 0 saturated heterocycles. The summed E-state index contributed by atoms with van der Waals surface area (Å²) in [6.45, 7) is 12.5. The second-order valence-electron chi connectivity index (χ2n) is 7.66. The monoisotopic (exact) mass is 298 g/mol. The molecule has 0 aromatic carbocycles. The third-order valence-corrected chi connectivity index (χ3v) is 4.04. The first kappa shape index (κ1) is 20.9. The third-order valence-electron chi connectivity index (χ3n) is 4.04. The van der Waals surface area contributed by atoms with E-state index in [-0.39, 0.29) is 5.54 Å². The normalized spacial score (nSPS) is 12.3. The molecule has 21 heavy (non-hydrogen) atoms. The summed E-state index contributed by atoms with van der Waals surface area (Å²) in [5.74, 6) is 0. The number of hydrogen-bond donors (Lipinski definition) is 1. The van der Waals surface area contributed by atoms with Crippen molar-refractivity contribution in [1.29, 1.82) is 0 Å². The molecule has 0 bridgehead atoms. The van der Waals surface area contributed by atoms with Gasteiger partial charge in [-0.2, -0.15) is 0 Å². The van der Waals surface area contributed by atoms with Crippen LogP contribution in [0.25, 0.3) is 0 Å². The van der Waals surface area contributed by atoms with Crippen LogP contribution < -0.4 is 5.32 Å². The van der Waals surface area contributed by atoms with Crippen LogP contribution in [0.2, 0.25) is 0 Å². The highest BCUT2D eigenvalue weighted by Gasteiger charge is 2.08. The molecule has 0 amide bonds. The lowest BCUT2D eigenvalue weighted by Crippen LogP contribution is -2.40.